The smallest absolute Gasteiger partial charge is 0.0971 e. The van der Waals surface area contributed by atoms with Crippen molar-refractivity contribution in [1.82, 2.24) is 0 Å². The Kier molecular flexibility index (Phi) is 8.43. The molecule has 0 heterocycles. The van der Waals surface area contributed by atoms with Crippen molar-refractivity contribution in [1.29, 1.82) is 0 Å². The van der Waals surface area contributed by atoms with Crippen LogP contribution in [0, 0.1) is 0 Å². The van der Waals surface area contributed by atoms with E-state index in [1.165, 1.54) is 0 Å². The van der Waals surface area contributed by atoms with E-state index in [1.807, 2.05) is 13.8 Å². The first kappa shape index (κ1) is 16.3. The number of hydrogen-bond donors (Lipinski definition) is 2. The first-order valence-corrected chi connectivity index (χ1v) is 5.93. The predicted molar refractivity (Wildman–Crippen MR) is 75.0 cm³/mol. The topological polar surface area (TPSA) is 89.9 Å². The first-order chi connectivity index (χ1) is 8.52. The maximum absolute atomic E-state index is 8.54. The molecule has 0 fully saturated rings. The van der Waals surface area contributed by atoms with Crippen LogP contribution >= 0.6 is 0 Å². The predicted octanol–water partition coefficient (Wildman–Crippen LogP) is 2.39. The van der Waals surface area contributed by atoms with Gasteiger partial charge in [0, 0.05) is 13.1 Å². The van der Waals surface area contributed by atoms with E-state index in [1.54, 1.807) is 13.8 Å². The maximum Gasteiger partial charge on any atom is 0.0971 e. The van der Waals surface area contributed by atoms with Gasteiger partial charge in [0.15, 0.2) is 0 Å². The molecule has 0 saturated heterocycles. The van der Waals surface area contributed by atoms with Gasteiger partial charge in [-0.25, -0.2) is 0 Å². The molecule has 6 nitrogen and oxygen atoms in total. The summed E-state index contributed by atoms with van der Waals surface area (Å²) in [5, 5.41) is 23.2. The fourth-order valence-corrected chi connectivity index (χ4v) is 1.09. The van der Waals surface area contributed by atoms with Crippen LogP contribution in [0.25, 0.3) is 0 Å². The van der Waals surface area contributed by atoms with Crippen molar-refractivity contribution in [2.45, 2.75) is 40.5 Å². The van der Waals surface area contributed by atoms with Crippen LogP contribution in [-0.2, 0) is 0 Å². The molecule has 0 saturated carbocycles. The summed E-state index contributed by atoms with van der Waals surface area (Å²) in [4.78, 5) is 8.55. The largest absolute Gasteiger partial charge is 0.411 e. The summed E-state index contributed by atoms with van der Waals surface area (Å²) < 4.78 is 0. The van der Waals surface area contributed by atoms with E-state index >= 15 is 0 Å². The van der Waals surface area contributed by atoms with Crippen LogP contribution in [0.5, 0.6) is 0 Å². The molecule has 0 amide bonds. The van der Waals surface area contributed by atoms with E-state index in [9.17, 15) is 0 Å². The highest BCUT2D eigenvalue weighted by molar-refractivity contribution is 6.40. The highest BCUT2D eigenvalue weighted by Crippen LogP contribution is 1.94. The molecule has 0 rings (SSSR count). The zero-order valence-electron chi connectivity index (χ0n) is 11.5. The Labute approximate surface area is 108 Å². The van der Waals surface area contributed by atoms with Crippen molar-refractivity contribution >= 4 is 22.8 Å². The summed E-state index contributed by atoms with van der Waals surface area (Å²) in [5.41, 5.74) is 2.58. The molecule has 6 heteroatoms. The zero-order valence-corrected chi connectivity index (χ0v) is 11.5. The third-order valence-corrected chi connectivity index (χ3v) is 2.61. The fourth-order valence-electron chi connectivity index (χ4n) is 1.09. The van der Waals surface area contributed by atoms with Crippen molar-refractivity contribution in [3.05, 3.63) is 0 Å². The second-order valence-electron chi connectivity index (χ2n) is 4.01. The molecule has 0 radical (unpaired) electrons. The normalized spacial score (nSPS) is 15.1. The number of rotatable bonds is 7. The van der Waals surface area contributed by atoms with Gasteiger partial charge in [-0.1, -0.05) is 10.3 Å². The molecular formula is C12H22N4O2. The van der Waals surface area contributed by atoms with Crippen LogP contribution in [0.3, 0.4) is 0 Å². The highest BCUT2D eigenvalue weighted by atomic mass is 16.4. The van der Waals surface area contributed by atoms with Gasteiger partial charge < -0.3 is 10.4 Å². The van der Waals surface area contributed by atoms with Crippen molar-refractivity contribution in [2.24, 2.45) is 20.3 Å². The summed E-state index contributed by atoms with van der Waals surface area (Å²) >= 11 is 0. The van der Waals surface area contributed by atoms with Gasteiger partial charge in [-0.05, 0) is 40.5 Å². The van der Waals surface area contributed by atoms with E-state index in [4.69, 9.17) is 10.4 Å². The van der Waals surface area contributed by atoms with E-state index in [0.29, 0.717) is 24.5 Å². The lowest BCUT2D eigenvalue weighted by molar-refractivity contribution is 0.319. The van der Waals surface area contributed by atoms with E-state index < -0.39 is 0 Å². The van der Waals surface area contributed by atoms with E-state index in [0.717, 1.165) is 24.3 Å². The van der Waals surface area contributed by atoms with Gasteiger partial charge in [0.25, 0.3) is 0 Å². The minimum absolute atomic E-state index is 0.540. The zero-order chi connectivity index (χ0) is 14.0. The summed E-state index contributed by atoms with van der Waals surface area (Å²) in [6.45, 7) is 8.45. The van der Waals surface area contributed by atoms with E-state index in [2.05, 4.69) is 20.3 Å². The van der Waals surface area contributed by atoms with Gasteiger partial charge in [-0.15, -0.1) is 0 Å². The standard InChI is InChI=1S/C12H22N4O2/c1-9(11(3)15-17)13-7-5-6-8-14-10(2)12(4)16-18/h17-18H,5-8H2,1-4H3/b13-9?,14-10?,15-11+,16-12+. The average Bonchev–Trinajstić information content (AvgIpc) is 2.39. The summed E-state index contributed by atoms with van der Waals surface area (Å²) in [7, 11) is 0. The van der Waals surface area contributed by atoms with Crippen LogP contribution in [0.2, 0.25) is 0 Å². The van der Waals surface area contributed by atoms with Gasteiger partial charge >= 0.3 is 0 Å². The van der Waals surface area contributed by atoms with Gasteiger partial charge in [0.05, 0.1) is 22.8 Å². The minimum Gasteiger partial charge on any atom is -0.411 e. The molecule has 0 aliphatic heterocycles. The molecule has 0 aromatic carbocycles. The highest BCUT2D eigenvalue weighted by Gasteiger charge is 1.97. The molecule has 0 bridgehead atoms. The van der Waals surface area contributed by atoms with Crippen LogP contribution in [0.15, 0.2) is 20.3 Å². The van der Waals surface area contributed by atoms with Gasteiger partial charge in [-0.2, -0.15) is 0 Å². The molecule has 0 aliphatic rings. The van der Waals surface area contributed by atoms with E-state index in [-0.39, 0.29) is 0 Å². The first-order valence-electron chi connectivity index (χ1n) is 5.93. The number of unbranched alkanes of at least 4 members (excludes halogenated alkanes) is 1. The lowest BCUT2D eigenvalue weighted by Gasteiger charge is -1.99. The van der Waals surface area contributed by atoms with Gasteiger partial charge in [0.1, 0.15) is 0 Å². The molecule has 0 spiro atoms. The van der Waals surface area contributed by atoms with Gasteiger partial charge in [-0.3, -0.25) is 9.98 Å². The Hall–Kier alpha value is -1.72. The molecule has 0 atom stereocenters. The minimum atomic E-state index is 0.540. The molecule has 0 aromatic rings. The third kappa shape index (κ3) is 6.78. The SMILES string of the molecule is CC(=NCCCCN=C(C)/C(C)=N/O)/C(C)=N/O. The quantitative estimate of drug-likeness (QED) is 0.316. The summed E-state index contributed by atoms with van der Waals surface area (Å²) in [5.74, 6) is 0. The molecule has 102 valence electrons. The Morgan fingerprint density at radius 3 is 1.28 bits per heavy atom. The third-order valence-electron chi connectivity index (χ3n) is 2.61. The summed E-state index contributed by atoms with van der Waals surface area (Å²) in [6, 6.07) is 0. The molecule has 18 heavy (non-hydrogen) atoms. The molecule has 0 aliphatic carbocycles. The van der Waals surface area contributed by atoms with Crippen LogP contribution < -0.4 is 0 Å². The number of oxime groups is 2. The number of nitrogens with zero attached hydrogens (tertiary/aromatic N) is 4. The van der Waals surface area contributed by atoms with Crippen molar-refractivity contribution in [2.75, 3.05) is 13.1 Å². The molecular weight excluding hydrogens is 232 g/mol. The maximum atomic E-state index is 8.54. The lowest BCUT2D eigenvalue weighted by Crippen LogP contribution is -2.07. The average molecular weight is 254 g/mol. The van der Waals surface area contributed by atoms with Crippen LogP contribution in [0.1, 0.15) is 40.5 Å². The Bertz CT molecular complexity index is 334. The number of aliphatic imine (C=N–C) groups is 2. The van der Waals surface area contributed by atoms with Crippen molar-refractivity contribution in [3.8, 4) is 0 Å². The Morgan fingerprint density at radius 1 is 0.667 bits per heavy atom. The Balaban J connectivity index is 3.89. The van der Waals surface area contributed by atoms with Crippen LogP contribution in [-0.4, -0.2) is 46.4 Å². The lowest BCUT2D eigenvalue weighted by atomic mass is 10.2. The fraction of sp³-hybridized carbons (Fsp3) is 0.667. The molecule has 0 unspecified atom stereocenters. The van der Waals surface area contributed by atoms with Crippen LogP contribution in [0.4, 0.5) is 0 Å². The second kappa shape index (κ2) is 9.32. The number of hydrogen-bond acceptors (Lipinski definition) is 6. The molecule has 2 N–H and O–H groups in total. The monoisotopic (exact) mass is 254 g/mol. The van der Waals surface area contributed by atoms with Crippen molar-refractivity contribution in [3.63, 3.8) is 0 Å². The van der Waals surface area contributed by atoms with Gasteiger partial charge in [0.2, 0.25) is 0 Å². The Morgan fingerprint density at radius 2 is 1.00 bits per heavy atom. The summed E-state index contributed by atoms with van der Waals surface area (Å²) in [6.07, 6.45) is 1.84. The second-order valence-corrected chi connectivity index (χ2v) is 4.01. The molecule has 0 aromatic heterocycles. The van der Waals surface area contributed by atoms with Crippen molar-refractivity contribution < 1.29 is 10.4 Å².